The van der Waals surface area contributed by atoms with Gasteiger partial charge in [0.25, 0.3) is 0 Å². The lowest BCUT2D eigenvalue weighted by Gasteiger charge is -2.56. The first kappa shape index (κ1) is 21.7. The first-order chi connectivity index (χ1) is 15.8. The van der Waals surface area contributed by atoms with Crippen molar-refractivity contribution in [3.05, 3.63) is 88.4 Å². The lowest BCUT2D eigenvalue weighted by Crippen LogP contribution is -2.72. The minimum Gasteiger partial charge on any atom is -0.467 e. The van der Waals surface area contributed by atoms with Gasteiger partial charge in [0.15, 0.2) is 10.8 Å². The van der Waals surface area contributed by atoms with Crippen LogP contribution in [0, 0.1) is 19.8 Å². The predicted octanol–water partition coefficient (Wildman–Crippen LogP) is 5.76. The Kier molecular flexibility index (Phi) is 5.30. The molecular formula is C26H24ClN3O2S. The second kappa shape index (κ2) is 8.04. The van der Waals surface area contributed by atoms with Crippen LogP contribution in [0.15, 0.2) is 66.7 Å². The quantitative estimate of drug-likeness (QED) is 0.470. The lowest BCUT2D eigenvalue weighted by atomic mass is 9.78. The second-order valence-corrected chi connectivity index (χ2v) is 9.54. The zero-order chi connectivity index (χ0) is 23.3. The fourth-order valence-electron chi connectivity index (χ4n) is 4.90. The third kappa shape index (κ3) is 3.63. The Morgan fingerprint density at radius 2 is 1.85 bits per heavy atom. The summed E-state index contributed by atoms with van der Waals surface area (Å²) in [5, 5.41) is 7.63. The molecule has 7 heteroatoms. The van der Waals surface area contributed by atoms with Crippen molar-refractivity contribution >= 4 is 46.2 Å². The van der Waals surface area contributed by atoms with Crippen molar-refractivity contribution in [2.45, 2.75) is 32.5 Å². The molecule has 1 fully saturated rings. The summed E-state index contributed by atoms with van der Waals surface area (Å²) in [7, 11) is 0. The summed E-state index contributed by atoms with van der Waals surface area (Å²) < 4.78 is 6.62. The van der Waals surface area contributed by atoms with Crippen LogP contribution in [0.3, 0.4) is 0 Å². The average molecular weight is 478 g/mol. The van der Waals surface area contributed by atoms with Crippen LogP contribution in [0.5, 0.6) is 5.75 Å². The van der Waals surface area contributed by atoms with Crippen LogP contribution in [0.2, 0.25) is 5.02 Å². The number of ether oxygens (including phenoxy) is 1. The molecule has 3 aromatic rings. The van der Waals surface area contributed by atoms with Gasteiger partial charge >= 0.3 is 0 Å². The van der Waals surface area contributed by atoms with E-state index in [-0.39, 0.29) is 11.9 Å². The van der Waals surface area contributed by atoms with Crippen molar-refractivity contribution in [1.82, 2.24) is 5.32 Å². The molecule has 5 rings (SSSR count). The Bertz CT molecular complexity index is 1260. The Morgan fingerprint density at radius 1 is 1.12 bits per heavy atom. The highest BCUT2D eigenvalue weighted by Crippen LogP contribution is 2.50. The van der Waals surface area contributed by atoms with Gasteiger partial charge in [0.2, 0.25) is 5.91 Å². The van der Waals surface area contributed by atoms with E-state index >= 15 is 0 Å². The number of aryl methyl sites for hydroxylation is 2. The van der Waals surface area contributed by atoms with Crippen LogP contribution in [0.4, 0.5) is 11.4 Å². The number of nitrogens with one attached hydrogen (secondary N) is 2. The standard InChI is InChI=1S/C26H24ClN3O2S/c1-15-8-13-20(16(2)14-15)30-25(33)29-23-19-6-4-5-7-21(19)32-26(30,3)22(23)24(31)28-18-11-9-17(27)10-12-18/h4-14,22-23H,1-3H3,(H,28,31)(H,29,33). The van der Waals surface area contributed by atoms with Crippen LogP contribution in [0.25, 0.3) is 0 Å². The van der Waals surface area contributed by atoms with E-state index in [1.54, 1.807) is 24.3 Å². The fourth-order valence-corrected chi connectivity index (χ4v) is 5.44. The topological polar surface area (TPSA) is 53.6 Å². The predicted molar refractivity (Wildman–Crippen MR) is 136 cm³/mol. The number of benzene rings is 3. The van der Waals surface area contributed by atoms with Crippen LogP contribution < -0.4 is 20.3 Å². The molecule has 168 valence electrons. The zero-order valence-corrected chi connectivity index (χ0v) is 20.1. The molecule has 3 aromatic carbocycles. The van der Waals surface area contributed by atoms with Gasteiger partial charge < -0.3 is 15.4 Å². The maximum absolute atomic E-state index is 13.8. The summed E-state index contributed by atoms with van der Waals surface area (Å²) >= 11 is 11.8. The van der Waals surface area contributed by atoms with E-state index in [4.69, 9.17) is 28.6 Å². The third-order valence-corrected chi connectivity index (χ3v) is 6.95. The maximum Gasteiger partial charge on any atom is 0.236 e. The molecule has 3 atom stereocenters. The van der Waals surface area contributed by atoms with Gasteiger partial charge in [0.1, 0.15) is 11.7 Å². The molecule has 5 nitrogen and oxygen atoms in total. The third-order valence-electron chi connectivity index (χ3n) is 6.39. The van der Waals surface area contributed by atoms with Crippen LogP contribution in [-0.2, 0) is 4.79 Å². The molecule has 0 radical (unpaired) electrons. The molecule has 0 saturated carbocycles. The second-order valence-electron chi connectivity index (χ2n) is 8.72. The van der Waals surface area contributed by atoms with E-state index in [0.717, 1.165) is 28.1 Å². The van der Waals surface area contributed by atoms with Crippen molar-refractivity contribution in [2.24, 2.45) is 5.92 Å². The first-order valence-electron chi connectivity index (χ1n) is 10.8. The van der Waals surface area contributed by atoms with E-state index in [0.29, 0.717) is 15.8 Å². The Hall–Kier alpha value is -3.09. The lowest BCUT2D eigenvalue weighted by molar-refractivity contribution is -0.130. The first-order valence-corrected chi connectivity index (χ1v) is 11.6. The summed E-state index contributed by atoms with van der Waals surface area (Å²) in [6, 6.07) is 20.7. The van der Waals surface area contributed by atoms with E-state index in [9.17, 15) is 4.79 Å². The molecule has 1 amide bonds. The summed E-state index contributed by atoms with van der Waals surface area (Å²) in [6.45, 7) is 6.03. The highest BCUT2D eigenvalue weighted by Gasteiger charge is 2.59. The molecule has 0 aromatic heterocycles. The molecule has 1 saturated heterocycles. The molecule has 2 aliphatic rings. The van der Waals surface area contributed by atoms with Crippen LogP contribution >= 0.6 is 23.8 Å². The number of rotatable bonds is 3. The Balaban J connectivity index is 1.63. The van der Waals surface area contributed by atoms with Crippen molar-refractivity contribution < 1.29 is 9.53 Å². The van der Waals surface area contributed by atoms with Gasteiger partial charge in [-0.25, -0.2) is 0 Å². The molecule has 2 bridgehead atoms. The molecule has 0 aliphatic carbocycles. The highest BCUT2D eigenvalue weighted by atomic mass is 35.5. The number of anilines is 2. The molecule has 3 unspecified atom stereocenters. The maximum atomic E-state index is 13.8. The Labute approximate surface area is 203 Å². The van der Waals surface area contributed by atoms with Crippen molar-refractivity contribution in [2.75, 3.05) is 10.2 Å². The zero-order valence-electron chi connectivity index (χ0n) is 18.6. The average Bonchev–Trinajstić information content (AvgIpc) is 2.76. The van der Waals surface area contributed by atoms with E-state index in [2.05, 4.69) is 23.6 Å². The number of carbonyl (C=O) groups excluding carboxylic acids is 1. The van der Waals surface area contributed by atoms with Crippen molar-refractivity contribution in [3.8, 4) is 5.75 Å². The molecule has 0 spiro atoms. The molecule has 2 N–H and O–H groups in total. The van der Waals surface area contributed by atoms with E-state index < -0.39 is 11.6 Å². The van der Waals surface area contributed by atoms with Gasteiger partial charge in [-0.05, 0) is 75.0 Å². The number of amides is 1. The summed E-state index contributed by atoms with van der Waals surface area (Å²) in [5.74, 6) is -0.00937. The van der Waals surface area contributed by atoms with Gasteiger partial charge in [-0.2, -0.15) is 0 Å². The van der Waals surface area contributed by atoms with Gasteiger partial charge in [-0.3, -0.25) is 9.69 Å². The monoisotopic (exact) mass is 477 g/mol. The normalized spacial score (nSPS) is 23.3. The number of thiocarbonyl (C=S) groups is 1. The summed E-state index contributed by atoms with van der Waals surface area (Å²) in [4.78, 5) is 15.7. The van der Waals surface area contributed by atoms with Gasteiger partial charge in [0, 0.05) is 22.0 Å². The van der Waals surface area contributed by atoms with Crippen LogP contribution in [0.1, 0.15) is 29.7 Å². The highest BCUT2D eigenvalue weighted by molar-refractivity contribution is 7.80. The number of para-hydroxylation sites is 1. The Morgan fingerprint density at radius 3 is 2.58 bits per heavy atom. The number of hydrogen-bond acceptors (Lipinski definition) is 3. The molecule has 33 heavy (non-hydrogen) atoms. The van der Waals surface area contributed by atoms with Crippen LogP contribution in [-0.4, -0.2) is 16.7 Å². The number of nitrogens with zero attached hydrogens (tertiary/aromatic N) is 1. The fraction of sp³-hybridized carbons (Fsp3) is 0.231. The minimum absolute atomic E-state index is 0.163. The number of fused-ring (bicyclic) bond motifs is 4. The van der Waals surface area contributed by atoms with Crippen molar-refractivity contribution in [1.29, 1.82) is 0 Å². The van der Waals surface area contributed by atoms with Crippen molar-refractivity contribution in [3.63, 3.8) is 0 Å². The number of hydrogen-bond donors (Lipinski definition) is 2. The van der Waals surface area contributed by atoms with Gasteiger partial charge in [0.05, 0.1) is 6.04 Å². The van der Waals surface area contributed by atoms with E-state index in [1.807, 2.05) is 55.1 Å². The largest absolute Gasteiger partial charge is 0.467 e. The SMILES string of the molecule is Cc1ccc(N2C(=S)NC3c4ccccc4OC2(C)C3C(=O)Nc2ccc(Cl)cc2)c(C)c1. The van der Waals surface area contributed by atoms with Gasteiger partial charge in [-0.1, -0.05) is 47.5 Å². The minimum atomic E-state index is -1.04. The summed E-state index contributed by atoms with van der Waals surface area (Å²) in [5.41, 5.74) is 3.65. The van der Waals surface area contributed by atoms with Gasteiger partial charge in [-0.15, -0.1) is 0 Å². The molecule has 2 aliphatic heterocycles. The smallest absolute Gasteiger partial charge is 0.236 e. The number of carbonyl (C=O) groups is 1. The summed E-state index contributed by atoms with van der Waals surface area (Å²) in [6.07, 6.45) is 0. The molecular weight excluding hydrogens is 454 g/mol. The molecule has 2 heterocycles. The van der Waals surface area contributed by atoms with E-state index in [1.165, 1.54) is 0 Å². The number of halogens is 1.